The topological polar surface area (TPSA) is 86.8 Å². The molecule has 1 heterocycles. The van der Waals surface area contributed by atoms with Crippen LogP contribution in [0.25, 0.3) is 10.8 Å². The number of hydrogen-bond acceptors (Lipinski definition) is 4. The van der Waals surface area contributed by atoms with Crippen molar-refractivity contribution in [3.63, 3.8) is 0 Å². The average Bonchev–Trinajstić information content (AvgIpc) is 3.20. The predicted octanol–water partition coefficient (Wildman–Crippen LogP) is 3.23. The number of carbonyl (C=O) groups is 2. The molecule has 3 aromatic carbocycles. The Bertz CT molecular complexity index is 1230. The van der Waals surface area contributed by atoms with Crippen LogP contribution in [0.1, 0.15) is 12.8 Å². The standard InChI is InChI=1S/C23H23N3O4S/c1-25(16-22(27)24-21-9-4-7-17-6-2-3-8-20(17)21)31(29,30)19-13-11-18(12-14-19)26-15-5-10-23(26)28/h2-4,6-9,11-14H,5,10,15-16H2,1H3,(H,24,27). The number of sulfonamides is 1. The summed E-state index contributed by atoms with van der Waals surface area (Å²) in [6.45, 7) is 0.317. The highest BCUT2D eigenvalue weighted by atomic mass is 32.2. The Morgan fingerprint density at radius 2 is 1.74 bits per heavy atom. The van der Waals surface area contributed by atoms with Crippen LogP contribution in [-0.2, 0) is 19.6 Å². The first kappa shape index (κ1) is 21.0. The summed E-state index contributed by atoms with van der Waals surface area (Å²) in [5.74, 6) is -0.389. The molecule has 1 fully saturated rings. The molecule has 0 aromatic heterocycles. The van der Waals surface area contributed by atoms with E-state index in [2.05, 4.69) is 5.32 Å². The van der Waals surface area contributed by atoms with E-state index in [9.17, 15) is 18.0 Å². The molecule has 2 amide bonds. The van der Waals surface area contributed by atoms with Gasteiger partial charge in [-0.05, 0) is 42.1 Å². The Balaban J connectivity index is 1.46. The lowest BCUT2D eigenvalue weighted by Crippen LogP contribution is -2.35. The van der Waals surface area contributed by atoms with Crippen LogP contribution in [-0.4, -0.2) is 44.7 Å². The first-order valence-corrected chi connectivity index (χ1v) is 11.4. The van der Waals surface area contributed by atoms with Crippen molar-refractivity contribution in [2.45, 2.75) is 17.7 Å². The number of nitrogens with zero attached hydrogens (tertiary/aromatic N) is 2. The predicted molar refractivity (Wildman–Crippen MR) is 120 cm³/mol. The molecule has 0 saturated carbocycles. The van der Waals surface area contributed by atoms with Crippen LogP contribution in [0.2, 0.25) is 0 Å². The zero-order valence-corrected chi connectivity index (χ0v) is 17.9. The number of likely N-dealkylation sites (N-methyl/N-ethyl adjacent to an activating group) is 1. The fraction of sp³-hybridized carbons (Fsp3) is 0.217. The van der Waals surface area contributed by atoms with Gasteiger partial charge < -0.3 is 10.2 Å². The van der Waals surface area contributed by atoms with E-state index in [0.717, 1.165) is 21.5 Å². The van der Waals surface area contributed by atoms with Gasteiger partial charge in [-0.15, -0.1) is 0 Å². The largest absolute Gasteiger partial charge is 0.324 e. The van der Waals surface area contributed by atoms with E-state index in [1.807, 2.05) is 36.4 Å². The highest BCUT2D eigenvalue weighted by Crippen LogP contribution is 2.25. The molecule has 0 bridgehead atoms. The highest BCUT2D eigenvalue weighted by Gasteiger charge is 2.25. The van der Waals surface area contributed by atoms with Gasteiger partial charge in [0.2, 0.25) is 21.8 Å². The van der Waals surface area contributed by atoms with Gasteiger partial charge in [-0.3, -0.25) is 9.59 Å². The Morgan fingerprint density at radius 3 is 2.45 bits per heavy atom. The first-order valence-electron chi connectivity index (χ1n) is 10.0. The van der Waals surface area contributed by atoms with Gasteiger partial charge in [-0.25, -0.2) is 8.42 Å². The Morgan fingerprint density at radius 1 is 1.03 bits per heavy atom. The van der Waals surface area contributed by atoms with E-state index in [-0.39, 0.29) is 17.3 Å². The summed E-state index contributed by atoms with van der Waals surface area (Å²) < 4.78 is 26.8. The van der Waals surface area contributed by atoms with Crippen molar-refractivity contribution in [2.24, 2.45) is 0 Å². The van der Waals surface area contributed by atoms with E-state index in [4.69, 9.17) is 0 Å². The minimum atomic E-state index is -3.85. The number of benzene rings is 3. The van der Waals surface area contributed by atoms with Gasteiger partial charge in [0.05, 0.1) is 11.4 Å². The maximum absolute atomic E-state index is 12.9. The normalized spacial score (nSPS) is 14.4. The zero-order chi connectivity index (χ0) is 22.0. The second-order valence-electron chi connectivity index (χ2n) is 7.48. The molecule has 3 aromatic rings. The molecule has 1 saturated heterocycles. The number of anilines is 2. The van der Waals surface area contributed by atoms with Gasteiger partial charge in [0.25, 0.3) is 0 Å². The summed E-state index contributed by atoms with van der Waals surface area (Å²) in [6, 6.07) is 19.4. The smallest absolute Gasteiger partial charge is 0.243 e. The minimum Gasteiger partial charge on any atom is -0.324 e. The molecule has 1 aliphatic rings. The van der Waals surface area contributed by atoms with E-state index >= 15 is 0 Å². The lowest BCUT2D eigenvalue weighted by molar-refractivity contribution is -0.117. The summed E-state index contributed by atoms with van der Waals surface area (Å²) in [5, 5.41) is 4.67. The number of carbonyl (C=O) groups excluding carboxylic acids is 2. The van der Waals surface area contributed by atoms with Crippen molar-refractivity contribution in [3.8, 4) is 0 Å². The molecule has 4 rings (SSSR count). The highest BCUT2D eigenvalue weighted by molar-refractivity contribution is 7.89. The third-order valence-electron chi connectivity index (χ3n) is 5.36. The summed E-state index contributed by atoms with van der Waals surface area (Å²) in [6.07, 6.45) is 1.31. The van der Waals surface area contributed by atoms with Crippen molar-refractivity contribution in [1.29, 1.82) is 0 Å². The summed E-state index contributed by atoms with van der Waals surface area (Å²) in [4.78, 5) is 26.1. The number of nitrogens with one attached hydrogen (secondary N) is 1. The van der Waals surface area contributed by atoms with E-state index in [1.54, 1.807) is 23.1 Å². The van der Waals surface area contributed by atoms with Gasteiger partial charge in [0.1, 0.15) is 0 Å². The molecule has 1 N–H and O–H groups in total. The molecular formula is C23H23N3O4S. The molecule has 160 valence electrons. The molecule has 0 atom stereocenters. The van der Waals surface area contributed by atoms with Crippen molar-refractivity contribution in [3.05, 3.63) is 66.7 Å². The Kier molecular flexibility index (Phi) is 5.75. The summed E-state index contributed by atoms with van der Waals surface area (Å²) >= 11 is 0. The van der Waals surface area contributed by atoms with Gasteiger partial charge in [0, 0.05) is 36.8 Å². The quantitative estimate of drug-likeness (QED) is 0.642. The minimum absolute atomic E-state index is 0.0397. The van der Waals surface area contributed by atoms with Gasteiger partial charge >= 0.3 is 0 Å². The third kappa shape index (κ3) is 4.30. The molecule has 0 spiro atoms. The van der Waals surface area contributed by atoms with Crippen LogP contribution in [0.5, 0.6) is 0 Å². The second-order valence-corrected chi connectivity index (χ2v) is 9.52. The summed E-state index contributed by atoms with van der Waals surface area (Å²) in [5.41, 5.74) is 1.31. The van der Waals surface area contributed by atoms with Crippen molar-refractivity contribution in [1.82, 2.24) is 4.31 Å². The van der Waals surface area contributed by atoms with Crippen LogP contribution in [0.15, 0.2) is 71.6 Å². The molecule has 0 aliphatic carbocycles. The van der Waals surface area contributed by atoms with E-state index in [0.29, 0.717) is 24.3 Å². The molecule has 0 unspecified atom stereocenters. The molecule has 7 nitrogen and oxygen atoms in total. The molecule has 8 heteroatoms. The zero-order valence-electron chi connectivity index (χ0n) is 17.1. The van der Waals surface area contributed by atoms with Crippen molar-refractivity contribution in [2.75, 3.05) is 30.4 Å². The third-order valence-corrected chi connectivity index (χ3v) is 7.18. The number of amides is 2. The molecular weight excluding hydrogens is 414 g/mol. The first-order chi connectivity index (χ1) is 14.9. The molecule has 31 heavy (non-hydrogen) atoms. The summed E-state index contributed by atoms with van der Waals surface area (Å²) in [7, 11) is -2.48. The fourth-order valence-corrected chi connectivity index (χ4v) is 4.84. The van der Waals surface area contributed by atoms with Crippen LogP contribution >= 0.6 is 0 Å². The van der Waals surface area contributed by atoms with Crippen LogP contribution < -0.4 is 10.2 Å². The Hall–Kier alpha value is -3.23. The van der Waals surface area contributed by atoms with Crippen molar-refractivity contribution < 1.29 is 18.0 Å². The van der Waals surface area contributed by atoms with Gasteiger partial charge in [-0.1, -0.05) is 36.4 Å². The second kappa shape index (κ2) is 8.49. The van der Waals surface area contributed by atoms with E-state index in [1.165, 1.54) is 19.2 Å². The Labute approximate surface area is 181 Å². The lowest BCUT2D eigenvalue weighted by atomic mass is 10.1. The maximum atomic E-state index is 12.9. The van der Waals surface area contributed by atoms with Crippen LogP contribution in [0.4, 0.5) is 11.4 Å². The lowest BCUT2D eigenvalue weighted by Gasteiger charge is -2.19. The maximum Gasteiger partial charge on any atom is 0.243 e. The van der Waals surface area contributed by atoms with Crippen LogP contribution in [0, 0.1) is 0 Å². The SMILES string of the molecule is CN(CC(=O)Nc1cccc2ccccc12)S(=O)(=O)c1ccc(N2CCCC2=O)cc1. The van der Waals surface area contributed by atoms with Gasteiger partial charge in [-0.2, -0.15) is 4.31 Å². The average molecular weight is 438 g/mol. The van der Waals surface area contributed by atoms with E-state index < -0.39 is 15.9 Å². The fourth-order valence-electron chi connectivity index (χ4n) is 3.71. The number of fused-ring (bicyclic) bond motifs is 1. The van der Waals surface area contributed by atoms with Crippen molar-refractivity contribution >= 4 is 44.0 Å². The van der Waals surface area contributed by atoms with Gasteiger partial charge in [0.15, 0.2) is 0 Å². The van der Waals surface area contributed by atoms with Crippen LogP contribution in [0.3, 0.4) is 0 Å². The number of hydrogen-bond donors (Lipinski definition) is 1. The molecule has 0 radical (unpaired) electrons. The number of rotatable bonds is 6. The molecule has 1 aliphatic heterocycles. The monoisotopic (exact) mass is 437 g/mol.